The van der Waals surface area contributed by atoms with Gasteiger partial charge in [-0.15, -0.1) is 5.10 Å². The molecule has 1 aromatic heterocycles. The predicted molar refractivity (Wildman–Crippen MR) is 107 cm³/mol. The fourth-order valence-electron chi connectivity index (χ4n) is 2.73. The molecule has 0 fully saturated rings. The highest BCUT2D eigenvalue weighted by molar-refractivity contribution is 7.99. The van der Waals surface area contributed by atoms with E-state index in [-0.39, 0.29) is 23.4 Å². The Bertz CT molecular complexity index is 922. The summed E-state index contributed by atoms with van der Waals surface area (Å²) in [5.41, 5.74) is 1.94. The van der Waals surface area contributed by atoms with Crippen molar-refractivity contribution in [2.45, 2.75) is 31.1 Å². The molecule has 1 heterocycles. The standard InChI is InChI=1S/C20H22N4O2S/c1-15(17-10-6-3-7-11-17)21-18(25)14-27-20-23-22-19(26)24(20)13-12-16-8-4-2-5-9-16/h2-11,15H,12-14H2,1H3,(H,21,25)(H,22,26)/t15-/m1/s1. The zero-order valence-electron chi connectivity index (χ0n) is 15.1. The Hall–Kier alpha value is -2.80. The number of nitrogens with zero attached hydrogens (tertiary/aromatic N) is 2. The first kappa shape index (κ1) is 19.0. The lowest BCUT2D eigenvalue weighted by Crippen LogP contribution is -2.28. The third-order valence-electron chi connectivity index (χ3n) is 4.20. The normalized spacial score (nSPS) is 11.9. The van der Waals surface area contributed by atoms with E-state index in [2.05, 4.69) is 15.5 Å². The Morgan fingerprint density at radius 3 is 2.52 bits per heavy atom. The smallest absolute Gasteiger partial charge is 0.343 e. The molecule has 1 atom stereocenters. The van der Waals surface area contributed by atoms with Gasteiger partial charge in [0.1, 0.15) is 0 Å². The van der Waals surface area contributed by atoms with E-state index in [1.165, 1.54) is 11.8 Å². The minimum absolute atomic E-state index is 0.0706. The summed E-state index contributed by atoms with van der Waals surface area (Å²) in [4.78, 5) is 24.2. The maximum absolute atomic E-state index is 12.2. The Labute approximate surface area is 162 Å². The van der Waals surface area contributed by atoms with Crippen LogP contribution in [-0.4, -0.2) is 26.4 Å². The molecular weight excluding hydrogens is 360 g/mol. The quantitative estimate of drug-likeness (QED) is 0.587. The number of hydrogen-bond acceptors (Lipinski definition) is 4. The number of carbonyl (C=O) groups excluding carboxylic acids is 1. The van der Waals surface area contributed by atoms with Crippen molar-refractivity contribution in [3.8, 4) is 0 Å². The lowest BCUT2D eigenvalue weighted by atomic mass is 10.1. The summed E-state index contributed by atoms with van der Waals surface area (Å²) < 4.78 is 1.57. The second-order valence-electron chi connectivity index (χ2n) is 6.19. The Kier molecular flexibility index (Phi) is 6.49. The van der Waals surface area contributed by atoms with Crippen LogP contribution in [0.5, 0.6) is 0 Å². The van der Waals surface area contributed by atoms with E-state index in [1.54, 1.807) is 4.57 Å². The predicted octanol–water partition coefficient (Wildman–Crippen LogP) is 2.78. The molecule has 1 amide bonds. The summed E-state index contributed by atoms with van der Waals surface area (Å²) in [6.07, 6.45) is 0.727. The number of rotatable bonds is 8. The summed E-state index contributed by atoms with van der Waals surface area (Å²) in [5.74, 6) is 0.105. The summed E-state index contributed by atoms with van der Waals surface area (Å²) >= 11 is 1.26. The lowest BCUT2D eigenvalue weighted by Gasteiger charge is -2.14. The SMILES string of the molecule is C[C@@H](NC(=O)CSc1n[nH]c(=O)n1CCc1ccccc1)c1ccccc1. The molecule has 0 saturated carbocycles. The molecule has 3 aromatic rings. The monoisotopic (exact) mass is 382 g/mol. The van der Waals surface area contributed by atoms with Gasteiger partial charge in [0, 0.05) is 6.54 Å². The molecule has 2 aromatic carbocycles. The first-order valence-electron chi connectivity index (χ1n) is 8.79. The van der Waals surface area contributed by atoms with Crippen LogP contribution in [0, 0.1) is 0 Å². The molecule has 7 heteroatoms. The van der Waals surface area contributed by atoms with E-state index in [1.807, 2.05) is 67.6 Å². The zero-order valence-corrected chi connectivity index (χ0v) is 15.9. The second kappa shape index (κ2) is 9.23. The van der Waals surface area contributed by atoms with Gasteiger partial charge in [-0.05, 0) is 24.5 Å². The van der Waals surface area contributed by atoms with E-state index in [0.717, 1.165) is 17.5 Å². The molecule has 140 valence electrons. The zero-order chi connectivity index (χ0) is 19.1. The molecule has 0 aliphatic heterocycles. The molecule has 0 aliphatic carbocycles. The Balaban J connectivity index is 1.55. The van der Waals surface area contributed by atoms with Crippen LogP contribution in [0.4, 0.5) is 0 Å². The average Bonchev–Trinajstić information content (AvgIpc) is 3.05. The number of nitrogens with one attached hydrogen (secondary N) is 2. The molecule has 0 saturated heterocycles. The van der Waals surface area contributed by atoms with Crippen LogP contribution in [0.15, 0.2) is 70.6 Å². The number of carbonyl (C=O) groups is 1. The third kappa shape index (κ3) is 5.34. The highest BCUT2D eigenvalue weighted by Crippen LogP contribution is 2.15. The van der Waals surface area contributed by atoms with Gasteiger partial charge in [-0.2, -0.15) is 0 Å². The molecule has 27 heavy (non-hydrogen) atoms. The van der Waals surface area contributed by atoms with Crippen molar-refractivity contribution in [3.63, 3.8) is 0 Å². The van der Waals surface area contributed by atoms with Gasteiger partial charge in [0.05, 0.1) is 11.8 Å². The molecule has 0 bridgehead atoms. The molecule has 0 aliphatic rings. The van der Waals surface area contributed by atoms with Gasteiger partial charge in [-0.3, -0.25) is 9.36 Å². The number of aromatic amines is 1. The molecule has 2 N–H and O–H groups in total. The van der Waals surface area contributed by atoms with Gasteiger partial charge in [-0.1, -0.05) is 72.4 Å². The number of amides is 1. The highest BCUT2D eigenvalue weighted by Gasteiger charge is 2.13. The maximum atomic E-state index is 12.2. The van der Waals surface area contributed by atoms with Gasteiger partial charge in [0.15, 0.2) is 5.16 Å². The first-order chi connectivity index (χ1) is 13.1. The van der Waals surface area contributed by atoms with Gasteiger partial charge in [0.25, 0.3) is 0 Å². The molecule has 0 unspecified atom stereocenters. The summed E-state index contributed by atoms with van der Waals surface area (Å²) in [7, 11) is 0. The van der Waals surface area contributed by atoms with Crippen molar-refractivity contribution in [1.29, 1.82) is 0 Å². The molecule has 6 nitrogen and oxygen atoms in total. The van der Waals surface area contributed by atoms with Crippen molar-refractivity contribution in [1.82, 2.24) is 20.1 Å². The van der Waals surface area contributed by atoms with Crippen LogP contribution in [0.2, 0.25) is 0 Å². The Morgan fingerprint density at radius 1 is 1.15 bits per heavy atom. The van der Waals surface area contributed by atoms with Crippen LogP contribution in [0.1, 0.15) is 24.1 Å². The number of thioether (sulfide) groups is 1. The maximum Gasteiger partial charge on any atom is 0.343 e. The van der Waals surface area contributed by atoms with E-state index < -0.39 is 0 Å². The number of benzene rings is 2. The third-order valence-corrected chi connectivity index (χ3v) is 5.18. The number of aryl methyl sites for hydroxylation is 1. The summed E-state index contributed by atoms with van der Waals surface area (Å²) in [5, 5.41) is 10.0. The topological polar surface area (TPSA) is 79.8 Å². The van der Waals surface area contributed by atoms with Crippen LogP contribution in [0.3, 0.4) is 0 Å². The highest BCUT2D eigenvalue weighted by atomic mass is 32.2. The van der Waals surface area contributed by atoms with Crippen LogP contribution < -0.4 is 11.0 Å². The lowest BCUT2D eigenvalue weighted by molar-refractivity contribution is -0.119. The van der Waals surface area contributed by atoms with Crippen molar-refractivity contribution < 1.29 is 4.79 Å². The van der Waals surface area contributed by atoms with Crippen LogP contribution >= 0.6 is 11.8 Å². The summed E-state index contributed by atoms with van der Waals surface area (Å²) in [6.45, 7) is 2.46. The minimum Gasteiger partial charge on any atom is -0.349 e. The van der Waals surface area contributed by atoms with Crippen molar-refractivity contribution >= 4 is 17.7 Å². The van der Waals surface area contributed by atoms with Crippen molar-refractivity contribution in [3.05, 3.63) is 82.3 Å². The van der Waals surface area contributed by atoms with E-state index in [0.29, 0.717) is 11.7 Å². The summed E-state index contributed by atoms with van der Waals surface area (Å²) in [6, 6.07) is 19.7. The number of aromatic nitrogens is 3. The van der Waals surface area contributed by atoms with E-state index in [4.69, 9.17) is 0 Å². The van der Waals surface area contributed by atoms with E-state index >= 15 is 0 Å². The van der Waals surface area contributed by atoms with Crippen LogP contribution in [-0.2, 0) is 17.8 Å². The number of hydrogen-bond donors (Lipinski definition) is 2. The number of H-pyrrole nitrogens is 1. The first-order valence-corrected chi connectivity index (χ1v) is 9.78. The fourth-order valence-corrected chi connectivity index (χ4v) is 3.52. The van der Waals surface area contributed by atoms with Crippen molar-refractivity contribution in [2.24, 2.45) is 0 Å². The Morgan fingerprint density at radius 2 is 1.81 bits per heavy atom. The van der Waals surface area contributed by atoms with Crippen molar-refractivity contribution in [2.75, 3.05) is 5.75 Å². The van der Waals surface area contributed by atoms with Crippen LogP contribution in [0.25, 0.3) is 0 Å². The van der Waals surface area contributed by atoms with Gasteiger partial charge in [0.2, 0.25) is 5.91 Å². The minimum atomic E-state index is -0.258. The van der Waals surface area contributed by atoms with Gasteiger partial charge >= 0.3 is 5.69 Å². The van der Waals surface area contributed by atoms with Gasteiger partial charge < -0.3 is 5.32 Å². The fraction of sp³-hybridized carbons (Fsp3) is 0.250. The largest absolute Gasteiger partial charge is 0.349 e. The molecular formula is C20H22N4O2S. The molecule has 0 radical (unpaired) electrons. The second-order valence-corrected chi connectivity index (χ2v) is 7.13. The van der Waals surface area contributed by atoms with E-state index in [9.17, 15) is 9.59 Å². The molecule has 0 spiro atoms. The average molecular weight is 382 g/mol. The molecule has 3 rings (SSSR count). The van der Waals surface area contributed by atoms with Gasteiger partial charge in [-0.25, -0.2) is 9.89 Å².